The van der Waals surface area contributed by atoms with Crippen LogP contribution in [0.3, 0.4) is 0 Å². The Labute approximate surface area is 244 Å². The number of carbonyl (C=O) groups is 1. The van der Waals surface area contributed by atoms with Crippen LogP contribution in [0.4, 0.5) is 11.6 Å². The molecule has 4 aromatic rings. The highest BCUT2D eigenvalue weighted by atomic mass is 16.5. The van der Waals surface area contributed by atoms with Crippen LogP contribution in [0.1, 0.15) is 73.0 Å². The molecular weight excluding hydrogens is 530 g/mol. The Balaban J connectivity index is 1.15. The molecule has 1 saturated carbocycles. The third kappa shape index (κ3) is 4.83. The maximum absolute atomic E-state index is 13.0. The standard InChI is InChI=1S/C32H37N7O3/c1-19-3-4-23(16-38(19)31(41)32(2)17-42-18-32)27-25-12-14-35-29(33)28(25)39(37-27)24-9-7-21(8-10-24)30(40)36-26-15-22(11-13-34-26)20-5-6-20/h7-15,19-20,23,31,41H,3-6,16-18H2,1-2H3,(H2,33,35)(H,34,36,40)/t19-,23+,31?/m0/s1. The van der Waals surface area contributed by atoms with E-state index in [9.17, 15) is 9.90 Å². The number of benzene rings is 1. The normalized spacial score (nSPS) is 22.9. The number of ether oxygens (including phenoxy) is 1. The fourth-order valence-corrected chi connectivity index (χ4v) is 6.40. The van der Waals surface area contributed by atoms with Crippen LogP contribution in [0.5, 0.6) is 0 Å². The van der Waals surface area contributed by atoms with Crippen LogP contribution < -0.4 is 11.1 Å². The second-order valence-electron chi connectivity index (χ2n) is 12.5. The molecule has 218 valence electrons. The van der Waals surface area contributed by atoms with Crippen molar-refractivity contribution in [3.05, 3.63) is 71.7 Å². The predicted molar refractivity (Wildman–Crippen MR) is 161 cm³/mol. The van der Waals surface area contributed by atoms with E-state index in [4.69, 9.17) is 15.6 Å². The third-order valence-electron chi connectivity index (χ3n) is 9.21. The van der Waals surface area contributed by atoms with Crippen LogP contribution in [0, 0.1) is 5.41 Å². The Kier molecular flexibility index (Phi) is 6.72. The Bertz CT molecular complexity index is 1630. The molecule has 3 atom stereocenters. The monoisotopic (exact) mass is 567 g/mol. The smallest absolute Gasteiger partial charge is 0.256 e. The summed E-state index contributed by atoms with van der Waals surface area (Å²) < 4.78 is 7.27. The van der Waals surface area contributed by atoms with Crippen molar-refractivity contribution >= 4 is 28.4 Å². The van der Waals surface area contributed by atoms with Gasteiger partial charge in [0.15, 0.2) is 0 Å². The van der Waals surface area contributed by atoms with E-state index in [-0.39, 0.29) is 23.3 Å². The van der Waals surface area contributed by atoms with E-state index in [2.05, 4.69) is 34.0 Å². The molecule has 42 heavy (non-hydrogen) atoms. The molecule has 4 N–H and O–H groups in total. The number of pyridine rings is 2. The lowest BCUT2D eigenvalue weighted by atomic mass is 9.82. The average molecular weight is 568 g/mol. The fraction of sp³-hybridized carbons (Fsp3) is 0.438. The molecule has 2 saturated heterocycles. The zero-order valence-electron chi connectivity index (χ0n) is 24.0. The van der Waals surface area contributed by atoms with Crippen molar-refractivity contribution in [1.82, 2.24) is 24.6 Å². The lowest BCUT2D eigenvalue weighted by molar-refractivity contribution is -0.216. The number of piperidine rings is 1. The molecule has 1 unspecified atom stereocenters. The molecule has 10 nitrogen and oxygen atoms in total. The Morgan fingerprint density at radius 3 is 2.52 bits per heavy atom. The van der Waals surface area contributed by atoms with Crippen molar-refractivity contribution in [2.24, 2.45) is 5.41 Å². The summed E-state index contributed by atoms with van der Waals surface area (Å²) in [5.41, 5.74) is 10.4. The summed E-state index contributed by atoms with van der Waals surface area (Å²) >= 11 is 0. The number of fused-ring (bicyclic) bond motifs is 1. The van der Waals surface area contributed by atoms with Crippen molar-refractivity contribution in [3.63, 3.8) is 0 Å². The summed E-state index contributed by atoms with van der Waals surface area (Å²) in [4.78, 5) is 23.9. The number of carbonyl (C=O) groups excluding carboxylic acids is 1. The van der Waals surface area contributed by atoms with E-state index in [1.54, 1.807) is 24.5 Å². The van der Waals surface area contributed by atoms with E-state index in [1.807, 2.05) is 35.0 Å². The van der Waals surface area contributed by atoms with Gasteiger partial charge in [-0.15, -0.1) is 0 Å². The number of amides is 1. The zero-order valence-corrected chi connectivity index (χ0v) is 24.0. The van der Waals surface area contributed by atoms with Crippen LogP contribution in [0.15, 0.2) is 54.9 Å². The lowest BCUT2D eigenvalue weighted by Gasteiger charge is -2.50. The molecule has 7 rings (SSSR count). The van der Waals surface area contributed by atoms with Gasteiger partial charge in [0.2, 0.25) is 0 Å². The molecule has 0 bridgehead atoms. The van der Waals surface area contributed by atoms with Crippen LogP contribution in [0.25, 0.3) is 16.6 Å². The van der Waals surface area contributed by atoms with Crippen molar-refractivity contribution in [2.75, 3.05) is 30.8 Å². The number of hydrogen-bond acceptors (Lipinski definition) is 8. The average Bonchev–Trinajstić information content (AvgIpc) is 3.76. The third-order valence-corrected chi connectivity index (χ3v) is 9.21. The number of rotatable bonds is 7. The number of nitrogens with zero attached hydrogens (tertiary/aromatic N) is 5. The van der Waals surface area contributed by atoms with Crippen LogP contribution in [-0.2, 0) is 4.74 Å². The molecule has 10 heteroatoms. The van der Waals surface area contributed by atoms with E-state index in [0.717, 1.165) is 35.1 Å². The van der Waals surface area contributed by atoms with Gasteiger partial charge >= 0.3 is 0 Å². The number of hydrogen-bond donors (Lipinski definition) is 3. The van der Waals surface area contributed by atoms with Gasteiger partial charge in [-0.3, -0.25) is 9.69 Å². The molecular formula is C32H37N7O3. The first-order valence-electron chi connectivity index (χ1n) is 14.8. The molecule has 2 aliphatic heterocycles. The summed E-state index contributed by atoms with van der Waals surface area (Å²) in [6, 6.07) is 13.5. The topological polar surface area (TPSA) is 131 Å². The van der Waals surface area contributed by atoms with Gasteiger partial charge < -0.3 is 20.9 Å². The maximum Gasteiger partial charge on any atom is 0.256 e. The molecule has 0 spiro atoms. The molecule has 1 amide bonds. The van der Waals surface area contributed by atoms with Gasteiger partial charge in [-0.25, -0.2) is 14.6 Å². The van der Waals surface area contributed by atoms with Gasteiger partial charge in [-0.05, 0) is 86.6 Å². The number of aliphatic hydroxyl groups is 1. The lowest BCUT2D eigenvalue weighted by Crippen LogP contribution is -2.60. The highest BCUT2D eigenvalue weighted by Crippen LogP contribution is 2.41. The van der Waals surface area contributed by atoms with E-state index >= 15 is 0 Å². The molecule has 1 aromatic carbocycles. The Morgan fingerprint density at radius 2 is 1.81 bits per heavy atom. The SMILES string of the molecule is C[C@H]1CC[C@@H](c2nn(-c3ccc(C(=O)Nc4cc(C5CC5)ccn4)cc3)c3c(N)nccc23)CN1C(O)C1(C)COC1. The van der Waals surface area contributed by atoms with Crippen LogP contribution in [-0.4, -0.2) is 67.7 Å². The molecule has 3 aliphatic rings. The number of aromatic nitrogens is 4. The number of anilines is 2. The second kappa shape index (κ2) is 10.4. The Hall–Kier alpha value is -3.86. The van der Waals surface area contributed by atoms with Gasteiger partial charge in [-0.2, -0.15) is 5.10 Å². The first kappa shape index (κ1) is 27.0. The summed E-state index contributed by atoms with van der Waals surface area (Å²) in [5.74, 6) is 1.46. The first-order valence-corrected chi connectivity index (χ1v) is 14.8. The van der Waals surface area contributed by atoms with Crippen LogP contribution in [0.2, 0.25) is 0 Å². The van der Waals surface area contributed by atoms with Gasteiger partial charge in [0.1, 0.15) is 23.4 Å². The molecule has 1 aliphatic carbocycles. The van der Waals surface area contributed by atoms with Gasteiger partial charge in [0.05, 0.1) is 30.0 Å². The maximum atomic E-state index is 13.0. The van der Waals surface area contributed by atoms with Crippen molar-refractivity contribution < 1.29 is 14.6 Å². The highest BCUT2D eigenvalue weighted by Gasteiger charge is 2.46. The number of aliphatic hydroxyl groups excluding tert-OH is 1. The minimum Gasteiger partial charge on any atom is -0.382 e. The number of likely N-dealkylation sites (tertiary alicyclic amines) is 1. The molecule has 3 fully saturated rings. The Morgan fingerprint density at radius 1 is 1.07 bits per heavy atom. The predicted octanol–water partition coefficient (Wildman–Crippen LogP) is 4.45. The first-order chi connectivity index (χ1) is 20.3. The highest BCUT2D eigenvalue weighted by molar-refractivity contribution is 6.04. The summed E-state index contributed by atoms with van der Waals surface area (Å²) in [5, 5.41) is 20.3. The largest absolute Gasteiger partial charge is 0.382 e. The molecule has 0 radical (unpaired) electrons. The summed E-state index contributed by atoms with van der Waals surface area (Å²) in [6.07, 6.45) is 7.19. The van der Waals surface area contributed by atoms with Gasteiger partial charge in [-0.1, -0.05) is 6.92 Å². The molecule has 5 heterocycles. The van der Waals surface area contributed by atoms with Gasteiger partial charge in [0.25, 0.3) is 5.91 Å². The van der Waals surface area contributed by atoms with E-state index < -0.39 is 6.23 Å². The van der Waals surface area contributed by atoms with Crippen molar-refractivity contribution in [2.45, 2.75) is 63.6 Å². The fourth-order valence-electron chi connectivity index (χ4n) is 6.40. The quantitative estimate of drug-likeness (QED) is 0.299. The van der Waals surface area contributed by atoms with Crippen LogP contribution >= 0.6 is 0 Å². The van der Waals surface area contributed by atoms with Crippen molar-refractivity contribution in [3.8, 4) is 5.69 Å². The van der Waals surface area contributed by atoms with Gasteiger partial charge in [0, 0.05) is 41.8 Å². The minimum absolute atomic E-state index is 0.120. The summed E-state index contributed by atoms with van der Waals surface area (Å²) in [7, 11) is 0. The zero-order chi connectivity index (χ0) is 29.0. The summed E-state index contributed by atoms with van der Waals surface area (Å²) in [6.45, 7) is 6.10. The van der Waals surface area contributed by atoms with E-state index in [0.29, 0.717) is 42.9 Å². The minimum atomic E-state index is -0.575. The molecule has 3 aromatic heterocycles. The number of nitrogen functional groups attached to an aromatic ring is 1. The number of nitrogens with two attached hydrogens (primary N) is 1. The second-order valence-corrected chi connectivity index (χ2v) is 12.5. The van der Waals surface area contributed by atoms with Crippen molar-refractivity contribution in [1.29, 1.82) is 0 Å². The number of nitrogens with one attached hydrogen (secondary N) is 1. The van der Waals surface area contributed by atoms with E-state index in [1.165, 1.54) is 18.4 Å².